The zero-order valence-electron chi connectivity index (χ0n) is 13.7. The predicted octanol–water partition coefficient (Wildman–Crippen LogP) is 1.28. The SMILES string of the molecule is O=C1CCCN1c1ccc(S(=O)(=O)N2CCN3CCC[C@H]3C2)cc1. The van der Waals surface area contributed by atoms with Crippen LogP contribution in [-0.2, 0) is 14.8 Å². The van der Waals surface area contributed by atoms with Crippen LogP contribution in [0, 0.1) is 0 Å². The molecule has 3 aliphatic heterocycles. The van der Waals surface area contributed by atoms with Gasteiger partial charge in [0, 0.05) is 44.3 Å². The molecule has 1 amide bonds. The van der Waals surface area contributed by atoms with Gasteiger partial charge in [-0.1, -0.05) is 0 Å². The molecule has 3 fully saturated rings. The lowest BCUT2D eigenvalue weighted by atomic mass is 10.2. The Morgan fingerprint density at radius 2 is 1.75 bits per heavy atom. The van der Waals surface area contributed by atoms with Gasteiger partial charge in [-0.2, -0.15) is 4.31 Å². The molecule has 0 radical (unpaired) electrons. The average molecular weight is 349 g/mol. The molecule has 0 aliphatic carbocycles. The Kier molecular flexibility index (Phi) is 4.10. The summed E-state index contributed by atoms with van der Waals surface area (Å²) in [6.07, 6.45) is 3.69. The minimum absolute atomic E-state index is 0.114. The Morgan fingerprint density at radius 1 is 0.958 bits per heavy atom. The van der Waals surface area contributed by atoms with Crippen molar-refractivity contribution in [2.45, 2.75) is 36.6 Å². The van der Waals surface area contributed by atoms with Crippen LogP contribution in [0.25, 0.3) is 0 Å². The van der Waals surface area contributed by atoms with Crippen LogP contribution >= 0.6 is 0 Å². The Balaban J connectivity index is 1.52. The second-order valence-corrected chi connectivity index (χ2v) is 8.78. The summed E-state index contributed by atoms with van der Waals surface area (Å²) < 4.78 is 27.4. The highest BCUT2D eigenvalue weighted by atomic mass is 32.2. The lowest BCUT2D eigenvalue weighted by Crippen LogP contribution is -2.51. The van der Waals surface area contributed by atoms with Crippen molar-refractivity contribution in [2.75, 3.05) is 37.6 Å². The van der Waals surface area contributed by atoms with Gasteiger partial charge >= 0.3 is 0 Å². The van der Waals surface area contributed by atoms with E-state index in [1.165, 1.54) is 0 Å². The van der Waals surface area contributed by atoms with Crippen molar-refractivity contribution in [1.82, 2.24) is 9.21 Å². The summed E-state index contributed by atoms with van der Waals surface area (Å²) in [5.74, 6) is 0.114. The molecule has 3 saturated heterocycles. The lowest BCUT2D eigenvalue weighted by Gasteiger charge is -2.36. The highest BCUT2D eigenvalue weighted by Gasteiger charge is 2.36. The van der Waals surface area contributed by atoms with Gasteiger partial charge in [-0.05, 0) is 50.1 Å². The molecular formula is C17H23N3O3S. The summed E-state index contributed by atoms with van der Waals surface area (Å²) in [6.45, 7) is 3.79. The van der Waals surface area contributed by atoms with E-state index in [0.29, 0.717) is 37.0 Å². The van der Waals surface area contributed by atoms with Gasteiger partial charge in [0.2, 0.25) is 15.9 Å². The van der Waals surface area contributed by atoms with Crippen molar-refractivity contribution in [3.8, 4) is 0 Å². The Labute approximate surface area is 143 Å². The number of hydrogen-bond acceptors (Lipinski definition) is 4. The molecule has 0 bridgehead atoms. The fourth-order valence-electron chi connectivity index (χ4n) is 4.05. The highest BCUT2D eigenvalue weighted by Crippen LogP contribution is 2.27. The summed E-state index contributed by atoms with van der Waals surface area (Å²) >= 11 is 0. The first-order chi connectivity index (χ1) is 11.6. The van der Waals surface area contributed by atoms with Gasteiger partial charge < -0.3 is 4.90 Å². The third kappa shape index (κ3) is 2.74. The number of carbonyl (C=O) groups is 1. The molecule has 0 N–H and O–H groups in total. The maximum atomic E-state index is 12.9. The van der Waals surface area contributed by atoms with Crippen molar-refractivity contribution in [3.63, 3.8) is 0 Å². The number of hydrogen-bond donors (Lipinski definition) is 0. The van der Waals surface area contributed by atoms with E-state index in [9.17, 15) is 13.2 Å². The number of nitrogens with zero attached hydrogens (tertiary/aromatic N) is 3. The molecule has 0 spiro atoms. The number of benzene rings is 1. The summed E-state index contributed by atoms with van der Waals surface area (Å²) in [4.78, 5) is 16.3. The third-order valence-electron chi connectivity index (χ3n) is 5.41. The number of carbonyl (C=O) groups excluding carboxylic acids is 1. The van der Waals surface area contributed by atoms with Crippen molar-refractivity contribution in [3.05, 3.63) is 24.3 Å². The number of fused-ring (bicyclic) bond motifs is 1. The highest BCUT2D eigenvalue weighted by molar-refractivity contribution is 7.89. The minimum atomic E-state index is -3.45. The molecule has 3 heterocycles. The normalized spacial score (nSPS) is 26.1. The van der Waals surface area contributed by atoms with Crippen LogP contribution in [0.3, 0.4) is 0 Å². The third-order valence-corrected chi connectivity index (χ3v) is 7.29. The van der Waals surface area contributed by atoms with Crippen LogP contribution in [0.4, 0.5) is 5.69 Å². The summed E-state index contributed by atoms with van der Waals surface area (Å²) in [6, 6.07) is 7.15. The average Bonchev–Trinajstić information content (AvgIpc) is 3.22. The Morgan fingerprint density at radius 3 is 2.46 bits per heavy atom. The van der Waals surface area contributed by atoms with Crippen LogP contribution in [0.5, 0.6) is 0 Å². The van der Waals surface area contributed by atoms with Crippen LogP contribution in [0.2, 0.25) is 0 Å². The molecular weight excluding hydrogens is 326 g/mol. The molecule has 6 nitrogen and oxygen atoms in total. The standard InChI is InChI=1S/C17H23N3O3S/c21-17-4-2-10-20(17)14-5-7-16(8-6-14)24(22,23)19-12-11-18-9-1-3-15(18)13-19/h5-8,15H,1-4,9-13H2/t15-/m0/s1. The number of piperazine rings is 1. The summed E-state index contributed by atoms with van der Waals surface area (Å²) in [5.41, 5.74) is 0.789. The van der Waals surface area contributed by atoms with Gasteiger partial charge in [-0.15, -0.1) is 0 Å². The number of anilines is 1. The molecule has 1 atom stereocenters. The lowest BCUT2D eigenvalue weighted by molar-refractivity contribution is -0.117. The minimum Gasteiger partial charge on any atom is -0.312 e. The smallest absolute Gasteiger partial charge is 0.243 e. The quantitative estimate of drug-likeness (QED) is 0.825. The molecule has 0 unspecified atom stereocenters. The largest absolute Gasteiger partial charge is 0.312 e. The van der Waals surface area contributed by atoms with Gasteiger partial charge in [0.15, 0.2) is 0 Å². The van der Waals surface area contributed by atoms with E-state index >= 15 is 0 Å². The van der Waals surface area contributed by atoms with Crippen molar-refractivity contribution < 1.29 is 13.2 Å². The van der Waals surface area contributed by atoms with E-state index in [2.05, 4.69) is 4.90 Å². The van der Waals surface area contributed by atoms with Crippen molar-refractivity contribution >= 4 is 21.6 Å². The number of amides is 1. The van der Waals surface area contributed by atoms with E-state index in [1.54, 1.807) is 33.5 Å². The Hall–Kier alpha value is -1.44. The van der Waals surface area contributed by atoms with Crippen LogP contribution < -0.4 is 4.90 Å². The number of rotatable bonds is 3. The molecule has 7 heteroatoms. The van der Waals surface area contributed by atoms with Gasteiger partial charge in [0.25, 0.3) is 0 Å². The molecule has 130 valence electrons. The molecule has 0 aromatic heterocycles. The predicted molar refractivity (Wildman–Crippen MR) is 91.4 cm³/mol. The molecule has 1 aromatic rings. The van der Waals surface area contributed by atoms with Crippen LogP contribution in [0.15, 0.2) is 29.2 Å². The van der Waals surface area contributed by atoms with Gasteiger partial charge in [0.1, 0.15) is 0 Å². The van der Waals surface area contributed by atoms with Crippen LogP contribution in [-0.4, -0.2) is 62.3 Å². The first-order valence-corrected chi connectivity index (χ1v) is 10.1. The van der Waals surface area contributed by atoms with E-state index in [0.717, 1.165) is 38.0 Å². The molecule has 3 aliphatic rings. The van der Waals surface area contributed by atoms with Gasteiger partial charge in [0.05, 0.1) is 4.90 Å². The second-order valence-electron chi connectivity index (χ2n) is 6.84. The van der Waals surface area contributed by atoms with E-state index < -0.39 is 10.0 Å². The maximum Gasteiger partial charge on any atom is 0.243 e. The van der Waals surface area contributed by atoms with E-state index in [1.807, 2.05) is 0 Å². The van der Waals surface area contributed by atoms with E-state index in [-0.39, 0.29) is 5.91 Å². The zero-order valence-corrected chi connectivity index (χ0v) is 14.5. The molecule has 1 aromatic carbocycles. The van der Waals surface area contributed by atoms with Crippen molar-refractivity contribution in [1.29, 1.82) is 0 Å². The topological polar surface area (TPSA) is 60.9 Å². The fraction of sp³-hybridized carbons (Fsp3) is 0.588. The van der Waals surface area contributed by atoms with Gasteiger partial charge in [-0.25, -0.2) is 8.42 Å². The monoisotopic (exact) mass is 349 g/mol. The van der Waals surface area contributed by atoms with E-state index in [4.69, 9.17) is 0 Å². The van der Waals surface area contributed by atoms with Crippen molar-refractivity contribution in [2.24, 2.45) is 0 Å². The first-order valence-electron chi connectivity index (χ1n) is 8.70. The molecule has 24 heavy (non-hydrogen) atoms. The van der Waals surface area contributed by atoms with Gasteiger partial charge in [-0.3, -0.25) is 9.69 Å². The Bertz CT molecular complexity index is 732. The number of sulfonamides is 1. The second kappa shape index (κ2) is 6.13. The summed E-state index contributed by atoms with van der Waals surface area (Å²) in [7, 11) is -3.45. The first kappa shape index (κ1) is 16.1. The fourth-order valence-corrected chi connectivity index (χ4v) is 5.52. The van der Waals surface area contributed by atoms with Crippen LogP contribution in [0.1, 0.15) is 25.7 Å². The molecule has 4 rings (SSSR count). The zero-order chi connectivity index (χ0) is 16.7. The molecule has 0 saturated carbocycles. The summed E-state index contributed by atoms with van der Waals surface area (Å²) in [5, 5.41) is 0. The maximum absolute atomic E-state index is 12.9.